The molecule has 0 bridgehead atoms. The maximum atomic E-state index is 12.0. The SMILES string of the molecule is Cc1nn(C)c(C)c1NC(=O)COC(=O)CCCCc1nc2ccccc2s1. The van der Waals surface area contributed by atoms with Crippen LogP contribution in [0.5, 0.6) is 0 Å². The normalized spacial score (nSPS) is 11.0. The van der Waals surface area contributed by atoms with Gasteiger partial charge in [0.1, 0.15) is 0 Å². The van der Waals surface area contributed by atoms with Crippen molar-refractivity contribution >= 4 is 39.1 Å². The van der Waals surface area contributed by atoms with E-state index in [0.29, 0.717) is 18.5 Å². The first-order chi connectivity index (χ1) is 13.4. The molecule has 1 N–H and O–H groups in total. The number of carbonyl (C=O) groups excluding carboxylic acids is 2. The van der Waals surface area contributed by atoms with Crippen molar-refractivity contribution in [3.8, 4) is 0 Å². The number of unbranched alkanes of at least 4 members (excludes halogenated alkanes) is 1. The molecule has 3 aromatic rings. The van der Waals surface area contributed by atoms with Crippen LogP contribution in [0.3, 0.4) is 0 Å². The highest BCUT2D eigenvalue weighted by atomic mass is 32.1. The Hall–Kier alpha value is -2.74. The van der Waals surface area contributed by atoms with Crippen LogP contribution in [0.25, 0.3) is 10.2 Å². The number of aromatic nitrogens is 3. The van der Waals surface area contributed by atoms with Crippen LogP contribution >= 0.6 is 11.3 Å². The van der Waals surface area contributed by atoms with Crippen molar-refractivity contribution in [2.45, 2.75) is 39.5 Å². The van der Waals surface area contributed by atoms with Crippen molar-refractivity contribution < 1.29 is 14.3 Å². The molecule has 1 amide bonds. The van der Waals surface area contributed by atoms with E-state index in [2.05, 4.69) is 21.5 Å². The lowest BCUT2D eigenvalue weighted by Crippen LogP contribution is -2.21. The minimum Gasteiger partial charge on any atom is -0.456 e. The van der Waals surface area contributed by atoms with E-state index in [0.717, 1.165) is 34.8 Å². The van der Waals surface area contributed by atoms with Gasteiger partial charge in [0.25, 0.3) is 5.91 Å². The molecule has 1 aromatic carbocycles. The number of rotatable bonds is 8. The molecule has 7 nitrogen and oxygen atoms in total. The van der Waals surface area contributed by atoms with Crippen molar-refractivity contribution in [1.82, 2.24) is 14.8 Å². The van der Waals surface area contributed by atoms with Gasteiger partial charge in [-0.25, -0.2) is 4.98 Å². The molecule has 0 fully saturated rings. The fourth-order valence-corrected chi connectivity index (χ4v) is 3.93. The zero-order valence-electron chi connectivity index (χ0n) is 16.3. The smallest absolute Gasteiger partial charge is 0.306 e. The van der Waals surface area contributed by atoms with Crippen molar-refractivity contribution in [1.29, 1.82) is 0 Å². The topological polar surface area (TPSA) is 86.1 Å². The Morgan fingerprint density at radius 1 is 1.21 bits per heavy atom. The summed E-state index contributed by atoms with van der Waals surface area (Å²) < 4.78 is 7.95. The molecule has 0 aliphatic carbocycles. The average molecular weight is 401 g/mol. The number of para-hydroxylation sites is 1. The molecule has 2 heterocycles. The number of hydrogen-bond donors (Lipinski definition) is 1. The number of carbonyl (C=O) groups is 2. The molecule has 0 atom stereocenters. The number of nitrogens with zero attached hydrogens (tertiary/aromatic N) is 3. The van der Waals surface area contributed by atoms with Gasteiger partial charge in [0, 0.05) is 13.5 Å². The third-order valence-electron chi connectivity index (χ3n) is 4.50. The van der Waals surface area contributed by atoms with Crippen molar-refractivity contribution in [3.05, 3.63) is 40.7 Å². The Labute approximate surface area is 167 Å². The first-order valence-electron chi connectivity index (χ1n) is 9.24. The van der Waals surface area contributed by atoms with Gasteiger partial charge >= 0.3 is 5.97 Å². The van der Waals surface area contributed by atoms with Crippen LogP contribution in [-0.4, -0.2) is 33.2 Å². The Morgan fingerprint density at radius 2 is 2.00 bits per heavy atom. The van der Waals surface area contributed by atoms with Gasteiger partial charge in [-0.1, -0.05) is 12.1 Å². The minimum atomic E-state index is -0.362. The number of ether oxygens (including phenoxy) is 1. The van der Waals surface area contributed by atoms with Crippen molar-refractivity contribution in [2.24, 2.45) is 7.05 Å². The maximum Gasteiger partial charge on any atom is 0.306 e. The predicted octanol–water partition coefficient (Wildman–Crippen LogP) is 3.54. The van der Waals surface area contributed by atoms with Gasteiger partial charge in [0.2, 0.25) is 0 Å². The van der Waals surface area contributed by atoms with E-state index >= 15 is 0 Å². The molecule has 0 unspecified atom stereocenters. The molecule has 0 spiro atoms. The molecular weight excluding hydrogens is 376 g/mol. The summed E-state index contributed by atoms with van der Waals surface area (Å²) in [6, 6.07) is 8.06. The fourth-order valence-electron chi connectivity index (χ4n) is 2.92. The number of nitrogens with one attached hydrogen (secondary N) is 1. The van der Waals surface area contributed by atoms with Crippen LogP contribution in [0, 0.1) is 13.8 Å². The largest absolute Gasteiger partial charge is 0.456 e. The Kier molecular flexibility index (Phi) is 6.41. The van der Waals surface area contributed by atoms with Crippen LogP contribution in [0.4, 0.5) is 5.69 Å². The molecule has 8 heteroatoms. The number of amides is 1. The molecule has 0 radical (unpaired) electrons. The van der Waals surface area contributed by atoms with Gasteiger partial charge in [-0.05, 0) is 45.2 Å². The molecule has 28 heavy (non-hydrogen) atoms. The van der Waals surface area contributed by atoms with Crippen LogP contribution in [-0.2, 0) is 27.8 Å². The second-order valence-electron chi connectivity index (χ2n) is 6.66. The fraction of sp³-hybridized carbons (Fsp3) is 0.400. The molecule has 0 saturated carbocycles. The Bertz CT molecular complexity index is 960. The number of benzene rings is 1. The summed E-state index contributed by atoms with van der Waals surface area (Å²) in [5.74, 6) is -0.721. The molecule has 2 aromatic heterocycles. The minimum absolute atomic E-state index is 0.287. The third-order valence-corrected chi connectivity index (χ3v) is 5.59. The summed E-state index contributed by atoms with van der Waals surface area (Å²) in [6.07, 6.45) is 2.70. The number of hydrogen-bond acceptors (Lipinski definition) is 6. The zero-order valence-corrected chi connectivity index (χ0v) is 17.1. The summed E-state index contributed by atoms with van der Waals surface area (Å²) in [5, 5.41) is 8.07. The number of esters is 1. The van der Waals surface area contributed by atoms with E-state index in [4.69, 9.17) is 4.74 Å². The number of anilines is 1. The predicted molar refractivity (Wildman–Crippen MR) is 109 cm³/mol. The Balaban J connectivity index is 1.35. The van der Waals surface area contributed by atoms with Crippen LogP contribution in [0.1, 0.15) is 35.7 Å². The number of aryl methyl sites for hydroxylation is 3. The second-order valence-corrected chi connectivity index (χ2v) is 7.78. The van der Waals surface area contributed by atoms with E-state index in [1.165, 1.54) is 4.70 Å². The molecule has 0 aliphatic rings. The van der Waals surface area contributed by atoms with E-state index < -0.39 is 0 Å². The van der Waals surface area contributed by atoms with Gasteiger partial charge < -0.3 is 10.1 Å². The average Bonchev–Trinajstić information content (AvgIpc) is 3.19. The number of thiazole rings is 1. The number of fused-ring (bicyclic) bond motifs is 1. The maximum absolute atomic E-state index is 12.0. The van der Waals surface area contributed by atoms with Crippen LogP contribution < -0.4 is 5.32 Å². The van der Waals surface area contributed by atoms with Crippen LogP contribution in [0.2, 0.25) is 0 Å². The first kappa shape index (κ1) is 20.0. The van der Waals surface area contributed by atoms with Gasteiger partial charge in [0.15, 0.2) is 6.61 Å². The summed E-state index contributed by atoms with van der Waals surface area (Å²) in [4.78, 5) is 28.4. The van der Waals surface area contributed by atoms with E-state index in [9.17, 15) is 9.59 Å². The highest BCUT2D eigenvalue weighted by molar-refractivity contribution is 7.18. The molecule has 0 saturated heterocycles. The standard InChI is InChI=1S/C20H24N4O3S/c1-13-20(14(2)24(3)23-13)22-17(25)12-27-19(26)11-7-6-10-18-21-15-8-4-5-9-16(15)28-18/h4-5,8-9H,6-7,10-12H2,1-3H3,(H,22,25). The highest BCUT2D eigenvalue weighted by Gasteiger charge is 2.14. The summed E-state index contributed by atoms with van der Waals surface area (Å²) in [7, 11) is 1.81. The lowest BCUT2D eigenvalue weighted by Gasteiger charge is -2.07. The van der Waals surface area contributed by atoms with Crippen molar-refractivity contribution in [3.63, 3.8) is 0 Å². The third kappa shape index (κ3) is 4.95. The first-order valence-corrected chi connectivity index (χ1v) is 10.1. The molecule has 148 valence electrons. The van der Waals surface area contributed by atoms with Crippen molar-refractivity contribution in [2.75, 3.05) is 11.9 Å². The molecule has 0 aliphatic heterocycles. The van der Waals surface area contributed by atoms with Gasteiger partial charge in [0.05, 0.1) is 32.3 Å². The lowest BCUT2D eigenvalue weighted by atomic mass is 10.2. The summed E-state index contributed by atoms with van der Waals surface area (Å²) >= 11 is 1.69. The highest BCUT2D eigenvalue weighted by Crippen LogP contribution is 2.23. The van der Waals surface area contributed by atoms with Gasteiger partial charge in [-0.2, -0.15) is 5.10 Å². The Morgan fingerprint density at radius 3 is 2.71 bits per heavy atom. The van der Waals surface area contributed by atoms with E-state index in [1.807, 2.05) is 39.1 Å². The summed E-state index contributed by atoms with van der Waals surface area (Å²) in [6.45, 7) is 3.40. The molecular formula is C20H24N4O3S. The quantitative estimate of drug-likeness (QED) is 0.462. The van der Waals surface area contributed by atoms with E-state index in [1.54, 1.807) is 16.0 Å². The van der Waals surface area contributed by atoms with E-state index in [-0.39, 0.29) is 18.5 Å². The van der Waals surface area contributed by atoms with Crippen LogP contribution in [0.15, 0.2) is 24.3 Å². The summed E-state index contributed by atoms with van der Waals surface area (Å²) in [5.41, 5.74) is 3.27. The van der Waals surface area contributed by atoms with Gasteiger partial charge in [-0.15, -0.1) is 11.3 Å². The second kappa shape index (κ2) is 8.97. The monoisotopic (exact) mass is 400 g/mol. The zero-order chi connectivity index (χ0) is 20.1. The molecule has 3 rings (SSSR count). The lowest BCUT2D eigenvalue weighted by molar-refractivity contribution is -0.147. The van der Waals surface area contributed by atoms with Gasteiger partial charge in [-0.3, -0.25) is 14.3 Å².